The van der Waals surface area contributed by atoms with Gasteiger partial charge in [-0.3, -0.25) is 4.79 Å². The van der Waals surface area contributed by atoms with Crippen LogP contribution in [0.2, 0.25) is 0 Å². The largest absolute Gasteiger partial charge is 0.336 e. The zero-order valence-corrected chi connectivity index (χ0v) is 13.7. The number of rotatable bonds is 6. The first kappa shape index (κ1) is 15.8. The van der Waals surface area contributed by atoms with E-state index in [2.05, 4.69) is 35.2 Å². The van der Waals surface area contributed by atoms with E-state index >= 15 is 0 Å². The average molecular weight is 307 g/mol. The molecule has 0 unspecified atom stereocenters. The van der Waals surface area contributed by atoms with Crippen LogP contribution >= 0.6 is 0 Å². The van der Waals surface area contributed by atoms with Crippen LogP contribution in [-0.4, -0.2) is 23.4 Å². The van der Waals surface area contributed by atoms with Crippen LogP contribution in [-0.2, 0) is 6.42 Å². The Morgan fingerprint density at radius 3 is 2.39 bits per heavy atom. The fourth-order valence-electron chi connectivity index (χ4n) is 3.50. The average Bonchev–Trinajstić information content (AvgIpc) is 3.08. The van der Waals surface area contributed by atoms with Crippen molar-refractivity contribution in [2.45, 2.75) is 44.6 Å². The second kappa shape index (κ2) is 7.96. The number of amides is 1. The zero-order chi connectivity index (χ0) is 15.9. The predicted octanol–water partition coefficient (Wildman–Crippen LogP) is 4.70. The van der Waals surface area contributed by atoms with Crippen molar-refractivity contribution in [1.29, 1.82) is 0 Å². The molecule has 0 radical (unpaired) electrons. The van der Waals surface area contributed by atoms with Gasteiger partial charge < -0.3 is 4.90 Å². The maximum Gasteiger partial charge on any atom is 0.254 e. The summed E-state index contributed by atoms with van der Waals surface area (Å²) in [6.45, 7) is 0.914. The number of unbranched alkanes of at least 4 members (excludes halogenated alkanes) is 1. The summed E-state index contributed by atoms with van der Waals surface area (Å²) in [5, 5.41) is 0. The third kappa shape index (κ3) is 4.22. The van der Waals surface area contributed by atoms with E-state index in [4.69, 9.17) is 0 Å². The maximum atomic E-state index is 12.6. The Morgan fingerprint density at radius 2 is 1.65 bits per heavy atom. The second-order valence-corrected chi connectivity index (χ2v) is 6.39. The minimum absolute atomic E-state index is 0.205. The number of aryl methyl sites for hydroxylation is 1. The smallest absolute Gasteiger partial charge is 0.254 e. The predicted molar refractivity (Wildman–Crippen MR) is 94.5 cm³/mol. The van der Waals surface area contributed by atoms with Crippen molar-refractivity contribution < 1.29 is 4.79 Å². The molecule has 3 rings (SSSR count). The van der Waals surface area contributed by atoms with E-state index in [-0.39, 0.29) is 5.91 Å². The number of carbonyl (C=O) groups excluding carboxylic acids is 1. The van der Waals surface area contributed by atoms with E-state index in [1.54, 1.807) is 0 Å². The van der Waals surface area contributed by atoms with Crippen LogP contribution in [0.15, 0.2) is 60.7 Å². The van der Waals surface area contributed by atoms with E-state index < -0.39 is 0 Å². The molecular formula is C21H25NO. The molecule has 120 valence electrons. The molecule has 1 saturated heterocycles. The molecule has 23 heavy (non-hydrogen) atoms. The highest BCUT2D eigenvalue weighted by molar-refractivity contribution is 5.94. The van der Waals surface area contributed by atoms with Crippen molar-refractivity contribution in [3.05, 3.63) is 71.8 Å². The molecule has 1 fully saturated rings. The Hall–Kier alpha value is -2.09. The molecule has 0 spiro atoms. The minimum atomic E-state index is 0.205. The van der Waals surface area contributed by atoms with Gasteiger partial charge in [0.2, 0.25) is 0 Å². The van der Waals surface area contributed by atoms with Crippen LogP contribution < -0.4 is 0 Å². The molecule has 0 bridgehead atoms. The van der Waals surface area contributed by atoms with Crippen molar-refractivity contribution in [2.75, 3.05) is 6.54 Å². The molecule has 1 aliphatic rings. The van der Waals surface area contributed by atoms with Crippen molar-refractivity contribution in [2.24, 2.45) is 0 Å². The molecule has 2 nitrogen and oxygen atoms in total. The Balaban J connectivity index is 1.48. The summed E-state index contributed by atoms with van der Waals surface area (Å²) in [5.74, 6) is 0.205. The van der Waals surface area contributed by atoms with Crippen LogP contribution in [0, 0.1) is 0 Å². The summed E-state index contributed by atoms with van der Waals surface area (Å²) < 4.78 is 0. The lowest BCUT2D eigenvalue weighted by molar-refractivity contribution is 0.0728. The van der Waals surface area contributed by atoms with Crippen LogP contribution in [0.4, 0.5) is 0 Å². The summed E-state index contributed by atoms with van der Waals surface area (Å²) >= 11 is 0. The summed E-state index contributed by atoms with van der Waals surface area (Å²) in [4.78, 5) is 14.7. The van der Waals surface area contributed by atoms with Gasteiger partial charge in [-0.2, -0.15) is 0 Å². The molecule has 0 aliphatic carbocycles. The number of likely N-dealkylation sites (tertiary alicyclic amines) is 1. The van der Waals surface area contributed by atoms with Gasteiger partial charge in [0, 0.05) is 18.2 Å². The number of nitrogens with zero attached hydrogens (tertiary/aromatic N) is 1. The van der Waals surface area contributed by atoms with E-state index in [1.807, 2.05) is 30.3 Å². The minimum Gasteiger partial charge on any atom is -0.336 e. The fraction of sp³-hybridized carbons (Fsp3) is 0.381. The van der Waals surface area contributed by atoms with Gasteiger partial charge in [0.25, 0.3) is 5.91 Å². The van der Waals surface area contributed by atoms with Gasteiger partial charge in [-0.05, 0) is 49.8 Å². The van der Waals surface area contributed by atoms with Gasteiger partial charge in [-0.1, -0.05) is 55.0 Å². The molecular weight excluding hydrogens is 282 g/mol. The Labute approximate surface area is 139 Å². The Bertz CT molecular complexity index is 608. The standard InChI is InChI=1S/C21H25NO/c23-21(19-13-5-2-6-14-19)22-17-9-16-20(22)15-8-7-12-18-10-3-1-4-11-18/h1-6,10-11,13-14,20H,7-9,12,15-17H2/t20-/m1/s1. The molecule has 1 aliphatic heterocycles. The van der Waals surface area contributed by atoms with E-state index in [1.165, 1.54) is 18.4 Å². The van der Waals surface area contributed by atoms with E-state index in [0.29, 0.717) is 6.04 Å². The van der Waals surface area contributed by atoms with Gasteiger partial charge in [0.05, 0.1) is 0 Å². The Kier molecular flexibility index (Phi) is 5.46. The van der Waals surface area contributed by atoms with Crippen LogP contribution in [0.5, 0.6) is 0 Å². The number of hydrogen-bond acceptors (Lipinski definition) is 1. The van der Waals surface area contributed by atoms with Gasteiger partial charge in [0.1, 0.15) is 0 Å². The van der Waals surface area contributed by atoms with Crippen molar-refractivity contribution in [3.63, 3.8) is 0 Å². The molecule has 0 N–H and O–H groups in total. The first-order valence-corrected chi connectivity index (χ1v) is 8.74. The highest BCUT2D eigenvalue weighted by Gasteiger charge is 2.28. The first-order chi connectivity index (χ1) is 11.3. The topological polar surface area (TPSA) is 20.3 Å². The van der Waals surface area contributed by atoms with Gasteiger partial charge >= 0.3 is 0 Å². The second-order valence-electron chi connectivity index (χ2n) is 6.39. The van der Waals surface area contributed by atoms with E-state index in [0.717, 1.165) is 37.8 Å². The number of benzene rings is 2. The van der Waals surface area contributed by atoms with E-state index in [9.17, 15) is 4.79 Å². The maximum absolute atomic E-state index is 12.6. The summed E-state index contributed by atoms with van der Waals surface area (Å²) in [6.07, 6.45) is 6.96. The summed E-state index contributed by atoms with van der Waals surface area (Å²) in [5.41, 5.74) is 2.24. The fourth-order valence-corrected chi connectivity index (χ4v) is 3.50. The third-order valence-corrected chi connectivity index (χ3v) is 4.75. The highest BCUT2D eigenvalue weighted by atomic mass is 16.2. The lowest BCUT2D eigenvalue weighted by Crippen LogP contribution is -2.35. The lowest BCUT2D eigenvalue weighted by atomic mass is 10.0. The first-order valence-electron chi connectivity index (χ1n) is 8.74. The quantitative estimate of drug-likeness (QED) is 0.708. The lowest BCUT2D eigenvalue weighted by Gasteiger charge is -2.25. The molecule has 0 aromatic heterocycles. The molecule has 1 amide bonds. The molecule has 2 aromatic rings. The van der Waals surface area contributed by atoms with Crippen LogP contribution in [0.3, 0.4) is 0 Å². The van der Waals surface area contributed by atoms with Gasteiger partial charge in [-0.15, -0.1) is 0 Å². The zero-order valence-electron chi connectivity index (χ0n) is 13.7. The summed E-state index contributed by atoms with van der Waals surface area (Å²) in [7, 11) is 0. The van der Waals surface area contributed by atoms with Crippen molar-refractivity contribution >= 4 is 5.91 Å². The van der Waals surface area contributed by atoms with Crippen molar-refractivity contribution in [3.8, 4) is 0 Å². The number of hydrogen-bond donors (Lipinski definition) is 0. The van der Waals surface area contributed by atoms with Crippen molar-refractivity contribution in [1.82, 2.24) is 4.90 Å². The molecule has 2 heteroatoms. The molecule has 0 saturated carbocycles. The Morgan fingerprint density at radius 1 is 0.957 bits per heavy atom. The highest BCUT2D eigenvalue weighted by Crippen LogP contribution is 2.24. The van der Waals surface area contributed by atoms with Gasteiger partial charge in [0.15, 0.2) is 0 Å². The normalized spacial score (nSPS) is 17.4. The summed E-state index contributed by atoms with van der Waals surface area (Å²) in [6, 6.07) is 20.8. The van der Waals surface area contributed by atoms with Gasteiger partial charge in [-0.25, -0.2) is 0 Å². The SMILES string of the molecule is O=C(c1ccccc1)N1CCC[C@H]1CCCCc1ccccc1. The molecule has 1 heterocycles. The van der Waals surface area contributed by atoms with Crippen LogP contribution in [0.25, 0.3) is 0 Å². The molecule has 2 aromatic carbocycles. The monoisotopic (exact) mass is 307 g/mol. The third-order valence-electron chi connectivity index (χ3n) is 4.75. The molecule has 1 atom stereocenters. The van der Waals surface area contributed by atoms with Crippen LogP contribution in [0.1, 0.15) is 48.0 Å². The number of carbonyl (C=O) groups is 1.